The quantitative estimate of drug-likeness (QED) is 0.468. The van der Waals surface area contributed by atoms with Gasteiger partial charge in [-0.25, -0.2) is 9.78 Å². The topological polar surface area (TPSA) is 93.1 Å². The number of hydrogen-bond acceptors (Lipinski definition) is 6. The van der Waals surface area contributed by atoms with E-state index in [1.165, 1.54) is 15.9 Å². The summed E-state index contributed by atoms with van der Waals surface area (Å²) in [7, 11) is 1.64. The van der Waals surface area contributed by atoms with Crippen LogP contribution in [-0.2, 0) is 11.8 Å². The minimum absolute atomic E-state index is 0.135. The molecule has 3 rings (SSSR count). The lowest BCUT2D eigenvalue weighted by Gasteiger charge is -2.14. The molecule has 1 aromatic carbocycles. The minimum Gasteiger partial charge on any atom is -0.307 e. The summed E-state index contributed by atoms with van der Waals surface area (Å²) in [5.74, 6) is -0.463. The molecule has 0 bridgehead atoms. The highest BCUT2D eigenvalue weighted by atomic mass is 32.2. The van der Waals surface area contributed by atoms with Crippen LogP contribution < -0.4 is 16.2 Å². The first-order chi connectivity index (χ1) is 14.1. The van der Waals surface area contributed by atoms with Crippen LogP contribution >= 0.6 is 23.1 Å². The van der Waals surface area contributed by atoms with Crippen molar-refractivity contribution in [2.45, 2.75) is 45.0 Å². The van der Waals surface area contributed by atoms with E-state index >= 15 is 0 Å². The molecule has 0 saturated carbocycles. The fraction of sp³-hybridized carbons (Fsp3) is 0.333. The van der Waals surface area contributed by atoms with Crippen LogP contribution in [0.1, 0.15) is 28.5 Å². The molecule has 0 fully saturated rings. The van der Waals surface area contributed by atoms with Crippen LogP contribution in [0, 0.1) is 27.7 Å². The van der Waals surface area contributed by atoms with Crippen LogP contribution in [0.3, 0.4) is 0 Å². The number of aromatic nitrogens is 2. The largest absolute Gasteiger partial charge is 0.325 e. The molecule has 0 radical (unpaired) electrons. The van der Waals surface area contributed by atoms with E-state index in [2.05, 4.69) is 15.6 Å². The number of benzene rings is 1. The molecule has 30 heavy (non-hydrogen) atoms. The number of nitrogens with one attached hydrogen (secondary N) is 2. The maximum absolute atomic E-state index is 12.7. The first-order valence-electron chi connectivity index (χ1n) is 9.41. The van der Waals surface area contributed by atoms with Crippen LogP contribution in [0.25, 0.3) is 10.2 Å². The number of amides is 3. The number of carbonyl (C=O) groups is 2. The molecule has 2 heterocycles. The predicted octanol–water partition coefficient (Wildman–Crippen LogP) is 4.06. The lowest BCUT2D eigenvalue weighted by atomic mass is 10.1. The van der Waals surface area contributed by atoms with Crippen molar-refractivity contribution >= 4 is 50.9 Å². The molecule has 1 unspecified atom stereocenters. The number of imide groups is 1. The van der Waals surface area contributed by atoms with E-state index < -0.39 is 17.2 Å². The summed E-state index contributed by atoms with van der Waals surface area (Å²) in [6.45, 7) is 9.40. The van der Waals surface area contributed by atoms with Gasteiger partial charge in [0.25, 0.3) is 5.56 Å². The molecule has 0 saturated heterocycles. The van der Waals surface area contributed by atoms with Crippen molar-refractivity contribution in [2.75, 3.05) is 5.32 Å². The van der Waals surface area contributed by atoms with Crippen LogP contribution in [0.15, 0.2) is 28.2 Å². The maximum Gasteiger partial charge on any atom is 0.325 e. The Kier molecular flexibility index (Phi) is 6.33. The molecular weight excluding hydrogens is 420 g/mol. The van der Waals surface area contributed by atoms with E-state index in [1.807, 2.05) is 39.8 Å². The van der Waals surface area contributed by atoms with Crippen molar-refractivity contribution in [3.63, 3.8) is 0 Å². The van der Waals surface area contributed by atoms with Gasteiger partial charge in [0.1, 0.15) is 4.83 Å². The number of fused-ring (bicyclic) bond motifs is 1. The minimum atomic E-state index is -0.618. The van der Waals surface area contributed by atoms with Crippen LogP contribution in [-0.4, -0.2) is 26.7 Å². The van der Waals surface area contributed by atoms with Gasteiger partial charge in [0.15, 0.2) is 5.16 Å². The molecule has 7 nitrogen and oxygen atoms in total. The lowest BCUT2D eigenvalue weighted by Crippen LogP contribution is -2.39. The van der Waals surface area contributed by atoms with Crippen molar-refractivity contribution in [3.05, 3.63) is 50.1 Å². The van der Waals surface area contributed by atoms with Crippen LogP contribution in [0.2, 0.25) is 0 Å². The Morgan fingerprint density at radius 3 is 2.57 bits per heavy atom. The average Bonchev–Trinajstić information content (AvgIpc) is 2.95. The van der Waals surface area contributed by atoms with E-state index in [1.54, 1.807) is 20.0 Å². The highest BCUT2D eigenvalue weighted by Gasteiger charge is 2.21. The Bertz CT molecular complexity index is 1210. The van der Waals surface area contributed by atoms with Gasteiger partial charge in [-0.3, -0.25) is 19.5 Å². The number of carbonyl (C=O) groups excluding carboxylic acids is 2. The zero-order chi connectivity index (χ0) is 22.2. The Morgan fingerprint density at radius 2 is 1.90 bits per heavy atom. The normalized spacial score (nSPS) is 12.1. The van der Waals surface area contributed by atoms with Gasteiger partial charge >= 0.3 is 6.03 Å². The monoisotopic (exact) mass is 444 g/mol. The number of hydrogen-bond donors (Lipinski definition) is 2. The number of anilines is 1. The van der Waals surface area contributed by atoms with Gasteiger partial charge in [-0.1, -0.05) is 29.5 Å². The summed E-state index contributed by atoms with van der Waals surface area (Å²) in [5, 5.41) is 5.48. The lowest BCUT2D eigenvalue weighted by molar-refractivity contribution is -0.119. The Hall–Kier alpha value is -2.65. The smallest absolute Gasteiger partial charge is 0.307 e. The van der Waals surface area contributed by atoms with Gasteiger partial charge < -0.3 is 5.32 Å². The second kappa shape index (κ2) is 8.61. The Balaban J connectivity index is 1.72. The maximum atomic E-state index is 12.7. The number of thiophene rings is 1. The highest BCUT2D eigenvalue weighted by Crippen LogP contribution is 2.29. The van der Waals surface area contributed by atoms with Crippen LogP contribution in [0.4, 0.5) is 10.5 Å². The van der Waals surface area contributed by atoms with Gasteiger partial charge in [0.2, 0.25) is 5.91 Å². The molecule has 158 valence electrons. The summed E-state index contributed by atoms with van der Waals surface area (Å²) in [5.41, 5.74) is 3.45. The van der Waals surface area contributed by atoms with Gasteiger partial charge in [0.05, 0.1) is 10.6 Å². The Labute approximate surface area is 182 Å². The zero-order valence-corrected chi connectivity index (χ0v) is 19.4. The van der Waals surface area contributed by atoms with E-state index in [9.17, 15) is 14.4 Å². The summed E-state index contributed by atoms with van der Waals surface area (Å²) >= 11 is 2.61. The predicted molar refractivity (Wildman–Crippen MR) is 123 cm³/mol. The molecule has 3 amide bonds. The number of thioether (sulfide) groups is 1. The number of rotatable bonds is 4. The summed E-state index contributed by atoms with van der Waals surface area (Å²) < 4.78 is 1.45. The zero-order valence-electron chi connectivity index (χ0n) is 17.7. The van der Waals surface area contributed by atoms with Crippen molar-refractivity contribution < 1.29 is 9.59 Å². The number of nitrogens with zero attached hydrogens (tertiary/aromatic N) is 2. The third-order valence-electron chi connectivity index (χ3n) is 4.89. The summed E-state index contributed by atoms with van der Waals surface area (Å²) in [6, 6.07) is 5.04. The van der Waals surface area contributed by atoms with Crippen LogP contribution in [0.5, 0.6) is 0 Å². The third kappa shape index (κ3) is 4.41. The van der Waals surface area contributed by atoms with E-state index in [0.29, 0.717) is 21.1 Å². The fourth-order valence-electron chi connectivity index (χ4n) is 2.99. The van der Waals surface area contributed by atoms with E-state index in [0.717, 1.165) is 33.3 Å². The standard InChI is InChI=1S/C21H24N4O3S2/c1-10-7-8-15(11(2)9-10)22-20(28)23-17(26)14(5)30-21-24-18-16(19(27)25(21)6)12(3)13(4)29-18/h7-9,14H,1-6H3,(H2,22,23,26,28). The second-order valence-electron chi connectivity index (χ2n) is 7.24. The first kappa shape index (κ1) is 22.0. The average molecular weight is 445 g/mol. The molecule has 0 aliphatic carbocycles. The SMILES string of the molecule is Cc1ccc(NC(=O)NC(=O)C(C)Sc2nc3sc(C)c(C)c3c(=O)n2C)c(C)c1. The molecule has 2 N–H and O–H groups in total. The van der Waals surface area contributed by atoms with Gasteiger partial charge in [-0.2, -0.15) is 0 Å². The van der Waals surface area contributed by atoms with Crippen molar-refractivity contribution in [2.24, 2.45) is 7.05 Å². The molecule has 0 spiro atoms. The molecule has 2 aromatic heterocycles. The summed E-state index contributed by atoms with van der Waals surface area (Å²) in [6.07, 6.45) is 0. The molecule has 0 aliphatic heterocycles. The molecule has 0 aliphatic rings. The number of aryl methyl sites for hydroxylation is 4. The van der Waals surface area contributed by atoms with Crippen molar-refractivity contribution in [1.82, 2.24) is 14.9 Å². The second-order valence-corrected chi connectivity index (χ2v) is 9.75. The Morgan fingerprint density at radius 1 is 1.20 bits per heavy atom. The highest BCUT2D eigenvalue weighted by molar-refractivity contribution is 8.00. The van der Waals surface area contributed by atoms with Crippen molar-refractivity contribution in [3.8, 4) is 0 Å². The number of urea groups is 1. The van der Waals surface area contributed by atoms with Gasteiger partial charge in [-0.05, 0) is 51.8 Å². The first-order valence-corrected chi connectivity index (χ1v) is 11.1. The summed E-state index contributed by atoms with van der Waals surface area (Å²) in [4.78, 5) is 43.7. The molecule has 3 aromatic rings. The molecule has 9 heteroatoms. The van der Waals surface area contributed by atoms with E-state index in [4.69, 9.17) is 0 Å². The third-order valence-corrected chi connectivity index (χ3v) is 7.13. The van der Waals surface area contributed by atoms with Gasteiger partial charge in [-0.15, -0.1) is 11.3 Å². The fourth-order valence-corrected chi connectivity index (χ4v) is 4.94. The molecular formula is C21H24N4O3S2. The van der Waals surface area contributed by atoms with Gasteiger partial charge in [0, 0.05) is 17.6 Å². The van der Waals surface area contributed by atoms with Crippen molar-refractivity contribution in [1.29, 1.82) is 0 Å². The van der Waals surface area contributed by atoms with E-state index in [-0.39, 0.29) is 5.56 Å². The molecule has 1 atom stereocenters.